The van der Waals surface area contributed by atoms with E-state index in [1.165, 1.54) is 0 Å². The predicted molar refractivity (Wildman–Crippen MR) is 56.4 cm³/mol. The number of halogens is 2. The first-order chi connectivity index (χ1) is 6.19. The Hall–Kier alpha value is -0.250. The van der Waals surface area contributed by atoms with Gasteiger partial charge in [-0.15, -0.1) is 11.6 Å². The van der Waals surface area contributed by atoms with Crippen molar-refractivity contribution in [2.24, 2.45) is 0 Å². The van der Waals surface area contributed by atoms with E-state index in [2.05, 4.69) is 15.9 Å². The van der Waals surface area contributed by atoms with Crippen LogP contribution in [0.3, 0.4) is 0 Å². The molecule has 1 atom stereocenters. The van der Waals surface area contributed by atoms with Crippen LogP contribution >= 0.6 is 27.5 Å². The van der Waals surface area contributed by atoms with E-state index in [9.17, 15) is 5.11 Å². The highest BCUT2D eigenvalue weighted by molar-refractivity contribution is 9.10. The van der Waals surface area contributed by atoms with Gasteiger partial charge in [0.15, 0.2) is 0 Å². The first kappa shape index (κ1) is 10.8. The maximum atomic E-state index is 9.44. The standard InChI is InChI=1S/C9H10BrClO2/c1-13-9-4-6(8(12)5-11)2-3-7(9)10/h2-4,8,12H,5H2,1H3/t8-/m1/s1. The Labute approximate surface area is 90.6 Å². The molecule has 13 heavy (non-hydrogen) atoms. The molecule has 0 aliphatic carbocycles. The number of benzene rings is 1. The topological polar surface area (TPSA) is 29.5 Å². The molecule has 0 radical (unpaired) electrons. The first-order valence-corrected chi connectivity index (χ1v) is 5.09. The molecule has 4 heteroatoms. The molecule has 0 aliphatic heterocycles. The van der Waals surface area contributed by atoms with Crippen molar-refractivity contribution < 1.29 is 9.84 Å². The molecule has 0 spiro atoms. The molecule has 0 aromatic heterocycles. The average molecular weight is 266 g/mol. The number of rotatable bonds is 3. The maximum absolute atomic E-state index is 9.44. The fourth-order valence-electron chi connectivity index (χ4n) is 0.973. The van der Waals surface area contributed by atoms with Crippen LogP contribution in [0.25, 0.3) is 0 Å². The molecule has 0 saturated carbocycles. The van der Waals surface area contributed by atoms with Crippen molar-refractivity contribution in [3.8, 4) is 5.75 Å². The van der Waals surface area contributed by atoms with Crippen molar-refractivity contribution in [3.05, 3.63) is 28.2 Å². The molecule has 72 valence electrons. The summed E-state index contributed by atoms with van der Waals surface area (Å²) < 4.78 is 5.94. The van der Waals surface area contributed by atoms with Crippen LogP contribution in [0.1, 0.15) is 11.7 Å². The summed E-state index contributed by atoms with van der Waals surface area (Å²) in [5, 5.41) is 9.44. The molecule has 1 aromatic carbocycles. The lowest BCUT2D eigenvalue weighted by Gasteiger charge is -2.09. The Morgan fingerprint density at radius 2 is 2.31 bits per heavy atom. The van der Waals surface area contributed by atoms with Gasteiger partial charge in [0.05, 0.1) is 23.6 Å². The normalized spacial score (nSPS) is 12.6. The predicted octanol–water partition coefficient (Wildman–Crippen LogP) is 2.73. The number of ether oxygens (including phenoxy) is 1. The van der Waals surface area contributed by atoms with Gasteiger partial charge in [-0.1, -0.05) is 6.07 Å². The lowest BCUT2D eigenvalue weighted by Crippen LogP contribution is -1.99. The fraction of sp³-hybridized carbons (Fsp3) is 0.333. The molecule has 0 bridgehead atoms. The second-order valence-corrected chi connectivity index (χ2v) is 3.73. The Kier molecular flexibility index (Phi) is 4.03. The highest BCUT2D eigenvalue weighted by Crippen LogP contribution is 2.28. The van der Waals surface area contributed by atoms with Gasteiger partial charge in [0.25, 0.3) is 0 Å². The highest BCUT2D eigenvalue weighted by Gasteiger charge is 2.08. The zero-order valence-corrected chi connectivity index (χ0v) is 9.47. The largest absolute Gasteiger partial charge is 0.496 e. The third-order valence-electron chi connectivity index (χ3n) is 1.71. The lowest BCUT2D eigenvalue weighted by molar-refractivity contribution is 0.202. The third-order valence-corrected chi connectivity index (χ3v) is 2.65. The molecule has 0 unspecified atom stereocenters. The molecule has 0 aliphatic rings. The van der Waals surface area contributed by atoms with Crippen LogP contribution in [-0.2, 0) is 0 Å². The molecule has 1 aromatic rings. The van der Waals surface area contributed by atoms with Crippen LogP contribution < -0.4 is 4.74 Å². The molecule has 0 saturated heterocycles. The summed E-state index contributed by atoms with van der Waals surface area (Å²) in [5.74, 6) is 0.881. The van der Waals surface area contributed by atoms with Crippen molar-refractivity contribution in [1.29, 1.82) is 0 Å². The van der Waals surface area contributed by atoms with Crippen molar-refractivity contribution in [1.82, 2.24) is 0 Å². The van der Waals surface area contributed by atoms with Gasteiger partial charge in [-0.05, 0) is 33.6 Å². The van der Waals surface area contributed by atoms with Crippen LogP contribution in [0.4, 0.5) is 0 Å². The van der Waals surface area contributed by atoms with Gasteiger partial charge in [-0.25, -0.2) is 0 Å². The second-order valence-electron chi connectivity index (χ2n) is 2.56. The maximum Gasteiger partial charge on any atom is 0.133 e. The van der Waals surface area contributed by atoms with Gasteiger partial charge in [-0.2, -0.15) is 0 Å². The van der Waals surface area contributed by atoms with Gasteiger partial charge >= 0.3 is 0 Å². The van der Waals surface area contributed by atoms with E-state index < -0.39 is 6.10 Å². The second kappa shape index (κ2) is 4.84. The number of aliphatic hydroxyl groups excluding tert-OH is 1. The Morgan fingerprint density at radius 1 is 1.62 bits per heavy atom. The minimum absolute atomic E-state index is 0.185. The van der Waals surface area contributed by atoms with Crippen LogP contribution in [0.2, 0.25) is 0 Å². The minimum atomic E-state index is -0.635. The van der Waals surface area contributed by atoms with Crippen molar-refractivity contribution in [2.75, 3.05) is 13.0 Å². The molecule has 1 N–H and O–H groups in total. The average Bonchev–Trinajstić information content (AvgIpc) is 2.17. The molecule has 0 fully saturated rings. The quantitative estimate of drug-likeness (QED) is 0.852. The van der Waals surface area contributed by atoms with E-state index in [-0.39, 0.29) is 5.88 Å². The zero-order chi connectivity index (χ0) is 9.84. The summed E-state index contributed by atoms with van der Waals surface area (Å²) in [7, 11) is 1.58. The molecular formula is C9H10BrClO2. The van der Waals surface area contributed by atoms with Gasteiger partial charge in [0, 0.05) is 0 Å². The highest BCUT2D eigenvalue weighted by atomic mass is 79.9. The summed E-state index contributed by atoms with van der Waals surface area (Å²) in [5.41, 5.74) is 0.759. The minimum Gasteiger partial charge on any atom is -0.496 e. The van der Waals surface area contributed by atoms with Crippen LogP contribution in [0.15, 0.2) is 22.7 Å². The van der Waals surface area contributed by atoms with Crippen molar-refractivity contribution in [2.45, 2.75) is 6.10 Å². The zero-order valence-electron chi connectivity index (χ0n) is 7.13. The van der Waals surface area contributed by atoms with E-state index in [0.717, 1.165) is 10.0 Å². The molecule has 0 amide bonds. The van der Waals surface area contributed by atoms with E-state index >= 15 is 0 Å². The Bertz CT molecular complexity index is 291. The van der Waals surface area contributed by atoms with Crippen molar-refractivity contribution in [3.63, 3.8) is 0 Å². The van der Waals surface area contributed by atoms with E-state index in [1.807, 2.05) is 6.07 Å². The molecular weight excluding hydrogens is 255 g/mol. The summed E-state index contributed by atoms with van der Waals surface area (Å²) >= 11 is 8.84. The number of aliphatic hydroxyl groups is 1. The van der Waals surface area contributed by atoms with Crippen LogP contribution in [0, 0.1) is 0 Å². The van der Waals surface area contributed by atoms with E-state index in [4.69, 9.17) is 16.3 Å². The summed E-state index contributed by atoms with van der Waals surface area (Å²) in [4.78, 5) is 0. The number of hydrogen-bond acceptors (Lipinski definition) is 2. The Morgan fingerprint density at radius 3 is 2.85 bits per heavy atom. The number of hydrogen-bond donors (Lipinski definition) is 1. The van der Waals surface area contributed by atoms with Gasteiger partial charge in [-0.3, -0.25) is 0 Å². The fourth-order valence-corrected chi connectivity index (χ4v) is 1.56. The smallest absolute Gasteiger partial charge is 0.133 e. The van der Waals surface area contributed by atoms with E-state index in [1.54, 1.807) is 19.2 Å². The molecule has 1 rings (SSSR count). The molecule has 2 nitrogen and oxygen atoms in total. The lowest BCUT2D eigenvalue weighted by atomic mass is 10.1. The van der Waals surface area contributed by atoms with E-state index in [0.29, 0.717) is 5.75 Å². The summed E-state index contributed by atoms with van der Waals surface area (Å²) in [6, 6.07) is 5.39. The molecule has 0 heterocycles. The number of methoxy groups -OCH3 is 1. The van der Waals surface area contributed by atoms with Crippen molar-refractivity contribution >= 4 is 27.5 Å². The Balaban J connectivity index is 2.99. The number of alkyl halides is 1. The van der Waals surface area contributed by atoms with Gasteiger partial charge < -0.3 is 9.84 Å². The first-order valence-electron chi connectivity index (χ1n) is 3.76. The van der Waals surface area contributed by atoms with Gasteiger partial charge in [0.1, 0.15) is 5.75 Å². The van der Waals surface area contributed by atoms with Gasteiger partial charge in [0.2, 0.25) is 0 Å². The summed E-state index contributed by atoms with van der Waals surface area (Å²) in [6.45, 7) is 0. The van der Waals surface area contributed by atoms with Crippen LogP contribution in [-0.4, -0.2) is 18.1 Å². The SMILES string of the molecule is COc1cc([C@H](O)CCl)ccc1Br. The summed E-state index contributed by atoms with van der Waals surface area (Å²) in [6.07, 6.45) is -0.635. The van der Waals surface area contributed by atoms with Crippen LogP contribution in [0.5, 0.6) is 5.75 Å². The monoisotopic (exact) mass is 264 g/mol. The third kappa shape index (κ3) is 2.59.